The van der Waals surface area contributed by atoms with Crippen LogP contribution in [0, 0.1) is 6.92 Å². The number of allylic oxidation sites excluding steroid dienone is 1. The minimum absolute atomic E-state index is 0.107. The van der Waals surface area contributed by atoms with Crippen LogP contribution in [0.5, 0.6) is 0 Å². The maximum Gasteiger partial charge on any atom is 0.243 e. The van der Waals surface area contributed by atoms with Crippen LogP contribution >= 0.6 is 0 Å². The third-order valence-electron chi connectivity index (χ3n) is 3.48. The summed E-state index contributed by atoms with van der Waals surface area (Å²) in [5.41, 5.74) is 1.08. The Bertz CT molecular complexity index is 560. The van der Waals surface area contributed by atoms with Gasteiger partial charge in [0.2, 0.25) is 10.0 Å². The molecular formula is C13H15NO2S. The molecule has 0 amide bonds. The molecule has 90 valence electrons. The summed E-state index contributed by atoms with van der Waals surface area (Å²) in [5.74, 6) is 0. The van der Waals surface area contributed by atoms with Crippen molar-refractivity contribution in [3.05, 3.63) is 42.0 Å². The van der Waals surface area contributed by atoms with E-state index < -0.39 is 10.0 Å². The lowest BCUT2D eigenvalue weighted by Gasteiger charge is -2.06. The van der Waals surface area contributed by atoms with Crippen LogP contribution in [0.1, 0.15) is 18.4 Å². The van der Waals surface area contributed by atoms with Crippen molar-refractivity contribution < 1.29 is 8.42 Å². The lowest BCUT2D eigenvalue weighted by molar-refractivity contribution is 0.546. The molecule has 3 rings (SSSR count). The van der Waals surface area contributed by atoms with Crippen LogP contribution in [0.3, 0.4) is 0 Å². The standard InChI is InChI=1S/C13H15NO2S/c1-10-6-8-11(9-7-10)17(15,16)14-12-4-2-3-5-13(12)14/h2,4,6-9,12-13H,3,5H2,1H3/t12-,13+,14?/m1/s1. The van der Waals surface area contributed by atoms with Gasteiger partial charge >= 0.3 is 0 Å². The van der Waals surface area contributed by atoms with E-state index in [0.717, 1.165) is 18.4 Å². The van der Waals surface area contributed by atoms with Gasteiger partial charge < -0.3 is 0 Å². The van der Waals surface area contributed by atoms with Gasteiger partial charge in [0.25, 0.3) is 0 Å². The van der Waals surface area contributed by atoms with Crippen molar-refractivity contribution in [2.24, 2.45) is 0 Å². The molecule has 0 saturated carbocycles. The van der Waals surface area contributed by atoms with Crippen LogP contribution < -0.4 is 0 Å². The molecule has 1 saturated heterocycles. The van der Waals surface area contributed by atoms with Crippen molar-refractivity contribution in [2.45, 2.75) is 36.7 Å². The molecule has 1 aliphatic carbocycles. The Balaban J connectivity index is 1.92. The van der Waals surface area contributed by atoms with Gasteiger partial charge in [-0.2, -0.15) is 4.31 Å². The Hall–Kier alpha value is -1.13. The van der Waals surface area contributed by atoms with Gasteiger partial charge in [-0.1, -0.05) is 29.8 Å². The number of nitrogens with zero attached hydrogens (tertiary/aromatic N) is 1. The minimum Gasteiger partial charge on any atom is -0.207 e. The largest absolute Gasteiger partial charge is 0.243 e. The monoisotopic (exact) mass is 249 g/mol. The number of rotatable bonds is 2. The van der Waals surface area contributed by atoms with E-state index in [4.69, 9.17) is 0 Å². The molecule has 1 aliphatic heterocycles. The van der Waals surface area contributed by atoms with E-state index in [9.17, 15) is 8.42 Å². The topological polar surface area (TPSA) is 37.1 Å². The Labute approximate surface area is 102 Å². The quantitative estimate of drug-likeness (QED) is 0.594. The SMILES string of the molecule is Cc1ccc(S(=O)(=O)N2[C@@H]3C=CCC[C@@H]32)cc1. The molecule has 0 aromatic heterocycles. The van der Waals surface area contributed by atoms with Gasteiger partial charge in [0.05, 0.1) is 10.9 Å². The normalized spacial score (nSPS) is 31.0. The molecule has 1 fully saturated rings. The zero-order valence-electron chi connectivity index (χ0n) is 9.70. The fourth-order valence-corrected chi connectivity index (χ4v) is 4.25. The maximum atomic E-state index is 12.4. The lowest BCUT2D eigenvalue weighted by atomic mass is 10.1. The third-order valence-corrected chi connectivity index (χ3v) is 5.42. The molecule has 0 spiro atoms. The molecule has 4 heteroatoms. The summed E-state index contributed by atoms with van der Waals surface area (Å²) in [5, 5.41) is 0. The van der Waals surface area contributed by atoms with Crippen LogP contribution in [-0.2, 0) is 10.0 Å². The zero-order valence-corrected chi connectivity index (χ0v) is 10.5. The number of sulfonamides is 1. The Morgan fingerprint density at radius 3 is 2.53 bits per heavy atom. The highest BCUT2D eigenvalue weighted by Crippen LogP contribution is 2.41. The molecule has 0 N–H and O–H groups in total. The molecule has 3 nitrogen and oxygen atoms in total. The first kappa shape index (κ1) is 11.0. The van der Waals surface area contributed by atoms with E-state index in [1.807, 2.05) is 25.1 Å². The van der Waals surface area contributed by atoms with E-state index in [0.29, 0.717) is 4.90 Å². The molecule has 1 unspecified atom stereocenters. The van der Waals surface area contributed by atoms with Crippen LogP contribution in [0.25, 0.3) is 0 Å². The minimum atomic E-state index is -3.28. The number of fused-ring (bicyclic) bond motifs is 1. The summed E-state index contributed by atoms with van der Waals surface area (Å²) in [6, 6.07) is 7.38. The van der Waals surface area contributed by atoms with Gasteiger partial charge in [-0.05, 0) is 31.9 Å². The molecule has 3 atom stereocenters. The van der Waals surface area contributed by atoms with E-state index >= 15 is 0 Å². The second-order valence-electron chi connectivity index (χ2n) is 4.71. The summed E-state index contributed by atoms with van der Waals surface area (Å²) in [6.07, 6.45) is 6.03. The first-order chi connectivity index (χ1) is 8.10. The van der Waals surface area contributed by atoms with Crippen LogP contribution in [0.15, 0.2) is 41.3 Å². The van der Waals surface area contributed by atoms with Crippen LogP contribution in [-0.4, -0.2) is 24.8 Å². The first-order valence-corrected chi connectivity index (χ1v) is 7.31. The van der Waals surface area contributed by atoms with Crippen molar-refractivity contribution in [1.29, 1.82) is 0 Å². The molecule has 1 aromatic rings. The van der Waals surface area contributed by atoms with Gasteiger partial charge in [0.1, 0.15) is 0 Å². The Kier molecular flexibility index (Phi) is 2.38. The van der Waals surface area contributed by atoms with Gasteiger partial charge in [-0.15, -0.1) is 0 Å². The van der Waals surface area contributed by atoms with E-state index in [1.54, 1.807) is 16.4 Å². The molecule has 0 bridgehead atoms. The fourth-order valence-electron chi connectivity index (χ4n) is 2.46. The van der Waals surface area contributed by atoms with Crippen molar-refractivity contribution >= 4 is 10.0 Å². The molecule has 1 aromatic carbocycles. The van der Waals surface area contributed by atoms with Crippen molar-refractivity contribution in [2.75, 3.05) is 0 Å². The van der Waals surface area contributed by atoms with Crippen molar-refractivity contribution in [3.8, 4) is 0 Å². The summed E-state index contributed by atoms with van der Waals surface area (Å²) in [7, 11) is -3.28. The van der Waals surface area contributed by atoms with Crippen molar-refractivity contribution in [1.82, 2.24) is 4.31 Å². The second-order valence-corrected chi connectivity index (χ2v) is 6.55. The highest BCUT2D eigenvalue weighted by atomic mass is 32.2. The average Bonchev–Trinajstić information content (AvgIpc) is 3.04. The highest BCUT2D eigenvalue weighted by molar-refractivity contribution is 7.89. The highest BCUT2D eigenvalue weighted by Gasteiger charge is 2.54. The smallest absolute Gasteiger partial charge is 0.207 e. The van der Waals surface area contributed by atoms with Crippen LogP contribution in [0.2, 0.25) is 0 Å². The number of hydrogen-bond donors (Lipinski definition) is 0. The van der Waals surface area contributed by atoms with Gasteiger partial charge in [-0.3, -0.25) is 0 Å². The summed E-state index contributed by atoms with van der Waals surface area (Å²) >= 11 is 0. The van der Waals surface area contributed by atoms with Gasteiger partial charge in [-0.25, -0.2) is 8.42 Å². The number of aryl methyl sites for hydroxylation is 1. The van der Waals surface area contributed by atoms with E-state index in [-0.39, 0.29) is 12.1 Å². The number of benzene rings is 1. The summed E-state index contributed by atoms with van der Waals surface area (Å²) in [4.78, 5) is 0.408. The molecule has 1 heterocycles. The van der Waals surface area contributed by atoms with E-state index in [2.05, 4.69) is 6.08 Å². The molecular weight excluding hydrogens is 234 g/mol. The van der Waals surface area contributed by atoms with Gasteiger partial charge in [0, 0.05) is 6.04 Å². The molecule has 0 radical (unpaired) electrons. The number of hydrogen-bond acceptors (Lipinski definition) is 2. The predicted molar refractivity (Wildman–Crippen MR) is 66.2 cm³/mol. The van der Waals surface area contributed by atoms with Crippen molar-refractivity contribution in [3.63, 3.8) is 0 Å². The van der Waals surface area contributed by atoms with E-state index in [1.165, 1.54) is 0 Å². The second kappa shape index (κ2) is 3.68. The Morgan fingerprint density at radius 1 is 1.24 bits per heavy atom. The fraction of sp³-hybridized carbons (Fsp3) is 0.385. The molecule has 2 aliphatic rings. The third kappa shape index (κ3) is 1.72. The van der Waals surface area contributed by atoms with Gasteiger partial charge in [0.15, 0.2) is 0 Å². The van der Waals surface area contributed by atoms with Crippen LogP contribution in [0.4, 0.5) is 0 Å². The lowest BCUT2D eigenvalue weighted by Crippen LogP contribution is -2.15. The maximum absolute atomic E-state index is 12.4. The summed E-state index contributed by atoms with van der Waals surface area (Å²) in [6.45, 7) is 1.95. The zero-order chi connectivity index (χ0) is 12.0. The summed E-state index contributed by atoms with van der Waals surface area (Å²) < 4.78 is 26.4. The Morgan fingerprint density at radius 2 is 1.94 bits per heavy atom. The molecule has 17 heavy (non-hydrogen) atoms. The first-order valence-electron chi connectivity index (χ1n) is 5.87. The predicted octanol–water partition coefficient (Wildman–Crippen LogP) is 2.09. The average molecular weight is 249 g/mol.